The molecule has 0 radical (unpaired) electrons. The van der Waals surface area contributed by atoms with Gasteiger partial charge >= 0.3 is 68.4 Å². The molecule has 278 valence electrons. The molecule has 2 saturated heterocycles. The first-order valence-corrected chi connectivity index (χ1v) is 19.1. The molecular weight excluding hydrogens is 801 g/mol. The van der Waals surface area contributed by atoms with Gasteiger partial charge in [0.2, 0.25) is 0 Å². The highest BCUT2D eigenvalue weighted by Gasteiger charge is 2.59. The third-order valence-corrected chi connectivity index (χ3v) is 7.86. The van der Waals surface area contributed by atoms with Crippen LogP contribution in [0.1, 0.15) is 0 Å². The van der Waals surface area contributed by atoms with Gasteiger partial charge in [-0.15, -0.1) is 0 Å². The van der Waals surface area contributed by atoms with E-state index >= 15 is 0 Å². The summed E-state index contributed by atoms with van der Waals surface area (Å²) in [5.74, 6) is -2.40. The normalized spacial score (nSPS) is 31.5. The first-order chi connectivity index (χ1) is 20.8. The summed E-state index contributed by atoms with van der Waals surface area (Å²) in [4.78, 5) is 11.9. The van der Waals surface area contributed by atoms with Gasteiger partial charge in [-0.2, -0.15) is 50.5 Å². The zero-order valence-corrected chi connectivity index (χ0v) is 26.6. The fourth-order valence-corrected chi connectivity index (χ4v) is 6.41. The van der Waals surface area contributed by atoms with Crippen LogP contribution in [0.3, 0.4) is 0 Å². The summed E-state index contributed by atoms with van der Waals surface area (Å²) in [6, 6.07) is 0. The van der Waals surface area contributed by atoms with Crippen LogP contribution < -0.4 is 0 Å². The molecule has 0 aromatic rings. The van der Waals surface area contributed by atoms with E-state index in [0.29, 0.717) is 0 Å². The second-order valence-electron chi connectivity index (χ2n) is 8.46. The lowest BCUT2D eigenvalue weighted by molar-refractivity contribution is -0.299. The quantitative estimate of drug-likeness (QED) is 0.0672. The highest BCUT2D eigenvalue weighted by atomic mass is 32.3. The van der Waals surface area contributed by atoms with E-state index in [0.717, 1.165) is 0 Å². The third kappa shape index (κ3) is 14.5. The van der Waals surface area contributed by atoms with Crippen LogP contribution in [0, 0.1) is 0 Å². The van der Waals surface area contributed by atoms with Gasteiger partial charge in [-0.05, 0) is 0 Å². The van der Waals surface area contributed by atoms with Gasteiger partial charge in [-0.3, -0.25) is 27.3 Å². The molecule has 2 aliphatic heterocycles. The summed E-state index contributed by atoms with van der Waals surface area (Å²) < 4.78 is 230. The van der Waals surface area contributed by atoms with E-state index in [4.69, 9.17) is 27.9 Å². The van der Waals surface area contributed by atoms with E-state index in [2.05, 4.69) is 25.1 Å². The molecule has 0 unspecified atom stereocenters. The number of carbonyl (C=O) groups is 1. The van der Waals surface area contributed by atoms with Crippen LogP contribution in [0.5, 0.6) is 0 Å². The third-order valence-electron chi connectivity index (χ3n) is 5.13. The van der Waals surface area contributed by atoms with Crippen molar-refractivity contribution in [3.05, 3.63) is 0 Å². The van der Waals surface area contributed by atoms with Gasteiger partial charge in [0.15, 0.2) is 18.5 Å². The smallest absolute Gasteiger partial charge is 0.397 e. The van der Waals surface area contributed by atoms with Crippen molar-refractivity contribution in [1.29, 1.82) is 0 Å². The lowest BCUT2D eigenvalue weighted by Crippen LogP contribution is -2.64. The van der Waals surface area contributed by atoms with Gasteiger partial charge in [0.05, 0.1) is 13.2 Å². The fraction of sp³-hybridized carbons (Fsp3) is 0.917. The molecule has 0 aromatic carbocycles. The van der Waals surface area contributed by atoms with Crippen molar-refractivity contribution in [2.75, 3.05) is 13.2 Å². The van der Waals surface area contributed by atoms with Crippen LogP contribution in [0.4, 0.5) is 0 Å². The molecule has 0 aliphatic carbocycles. The van der Waals surface area contributed by atoms with Crippen LogP contribution in [-0.2, 0) is 106 Å². The summed E-state index contributed by atoms with van der Waals surface area (Å²) in [6.07, 6.45) is -25.3. The van der Waals surface area contributed by atoms with Crippen LogP contribution in [-0.4, -0.2) is 157 Å². The lowest BCUT2D eigenvalue weighted by atomic mass is 9.98. The summed E-state index contributed by atoms with van der Waals surface area (Å²) in [5, 5.41) is 9.55. The molecule has 0 bridgehead atoms. The van der Waals surface area contributed by atoms with Gasteiger partial charge in [-0.1, -0.05) is 0 Å². The Bertz CT molecular complexity index is 1800. The maximum Gasteiger partial charge on any atom is 0.397 e. The van der Waals surface area contributed by atoms with E-state index in [1.807, 2.05) is 0 Å². The van der Waals surface area contributed by atoms with Gasteiger partial charge < -0.3 is 19.3 Å². The number of carboxylic acids is 1. The van der Waals surface area contributed by atoms with Gasteiger partial charge in [0.25, 0.3) is 0 Å². The first-order valence-electron chi connectivity index (χ1n) is 10.9. The highest BCUT2D eigenvalue weighted by Crippen LogP contribution is 2.36. The number of rotatable bonds is 17. The van der Waals surface area contributed by atoms with E-state index < -0.39 is 137 Å². The average Bonchev–Trinajstić information content (AvgIpc) is 3.11. The largest absolute Gasteiger partial charge is 0.479 e. The molecule has 35 heteroatoms. The maximum atomic E-state index is 11.9. The Balaban J connectivity index is 2.78. The molecule has 0 saturated carbocycles. The predicted octanol–water partition coefficient (Wildman–Crippen LogP) is -5.66. The monoisotopic (exact) mass is 820 g/mol. The first kappa shape index (κ1) is 41.7. The molecule has 29 nitrogen and oxygen atoms in total. The van der Waals surface area contributed by atoms with E-state index in [9.17, 15) is 74.1 Å². The fourth-order valence-electron chi connectivity index (χ4n) is 3.81. The maximum absolute atomic E-state index is 11.9. The van der Waals surface area contributed by atoms with Crippen LogP contribution >= 0.6 is 0 Å². The van der Waals surface area contributed by atoms with Crippen LogP contribution in [0.15, 0.2) is 0 Å². The number of ether oxygens (including phenoxy) is 3. The Morgan fingerprint density at radius 3 is 1.23 bits per heavy atom. The lowest BCUT2D eigenvalue weighted by Gasteiger charge is -2.43. The molecule has 2 heterocycles. The van der Waals surface area contributed by atoms with Crippen molar-refractivity contribution in [2.24, 2.45) is 0 Å². The second kappa shape index (κ2) is 14.8. The Kier molecular flexibility index (Phi) is 13.2. The number of aliphatic carboxylic acids is 1. The molecule has 2 rings (SSSR count). The minimum Gasteiger partial charge on any atom is -0.479 e. The summed E-state index contributed by atoms with van der Waals surface area (Å²) >= 11 is 0. The topological polar surface area (TPSA) is 447 Å². The number of hydrogen-bond donors (Lipinski definition) is 7. The summed E-state index contributed by atoms with van der Waals surface area (Å²) in [5.41, 5.74) is 0. The molecule has 0 amide bonds. The van der Waals surface area contributed by atoms with Crippen molar-refractivity contribution in [2.45, 2.75) is 55.1 Å². The molecule has 0 aromatic heterocycles. The van der Waals surface area contributed by atoms with Crippen LogP contribution in [0.2, 0.25) is 0 Å². The zero-order chi connectivity index (χ0) is 36.6. The summed E-state index contributed by atoms with van der Waals surface area (Å²) in [7, 11) is -34.5. The SMILES string of the molecule is O=C(O)[C@@H]1O[C@@H](O[C@H]2[C@H](OS(=O)(=O)O)[C@@H](COS(=O)(=O)O)O[C@@H]2COS(=O)(=O)O)[C@H](OS(=O)(=O)O)[C@@H](OS(=O)(=O)O)[C@@H]1OS(=O)(=O)O. The van der Waals surface area contributed by atoms with E-state index in [1.165, 1.54) is 0 Å². The molecular formula is C12H20O29S6. The summed E-state index contributed by atoms with van der Waals surface area (Å²) in [6.45, 7) is -3.07. The Labute approximate surface area is 263 Å². The predicted molar refractivity (Wildman–Crippen MR) is 131 cm³/mol. The molecule has 0 spiro atoms. The second-order valence-corrected chi connectivity index (χ2v) is 14.8. The van der Waals surface area contributed by atoms with Crippen molar-refractivity contribution < 1.29 is 127 Å². The van der Waals surface area contributed by atoms with Gasteiger partial charge in [0.1, 0.15) is 36.6 Å². The van der Waals surface area contributed by atoms with Gasteiger partial charge in [0, 0.05) is 0 Å². The van der Waals surface area contributed by atoms with E-state index in [1.54, 1.807) is 0 Å². The minimum atomic E-state index is -5.99. The Morgan fingerprint density at radius 1 is 0.489 bits per heavy atom. The molecule has 9 atom stereocenters. The molecule has 47 heavy (non-hydrogen) atoms. The number of carboxylic acid groups (broad SMARTS) is 1. The average molecular weight is 821 g/mol. The van der Waals surface area contributed by atoms with Crippen molar-refractivity contribution in [3.8, 4) is 0 Å². The Morgan fingerprint density at radius 2 is 0.851 bits per heavy atom. The van der Waals surface area contributed by atoms with Crippen LogP contribution in [0.25, 0.3) is 0 Å². The Hall–Kier alpha value is -1.43. The highest BCUT2D eigenvalue weighted by molar-refractivity contribution is 7.82. The zero-order valence-electron chi connectivity index (χ0n) is 21.7. The minimum absolute atomic E-state index is 1.52. The van der Waals surface area contributed by atoms with E-state index in [-0.39, 0.29) is 0 Å². The standard InChI is InChI=1S/C12H20O29S6/c13-11(14)9-7(39-45(24,25)26)8(40-46(27,28)29)10(41-47(30,31)32)12(37-9)36-5-3(1-33-42(15,16)17)35-4(2-34-43(18,19)20)6(5)38-44(21,22)23/h3-10,12H,1-2H2,(H,13,14)(H,15,16,17)(H,18,19,20)(H,21,22,23)(H,24,25,26)(H,27,28,29)(H,30,31,32)/t3-,4-,5-,6-,7+,8+,9-,10-,12-/m1/s1. The molecule has 2 fully saturated rings. The number of hydrogen-bond acceptors (Lipinski definition) is 22. The van der Waals surface area contributed by atoms with Crippen molar-refractivity contribution >= 4 is 68.4 Å². The van der Waals surface area contributed by atoms with Crippen molar-refractivity contribution in [3.63, 3.8) is 0 Å². The van der Waals surface area contributed by atoms with Crippen molar-refractivity contribution in [1.82, 2.24) is 0 Å². The molecule has 7 N–H and O–H groups in total. The molecule has 2 aliphatic rings. The van der Waals surface area contributed by atoms with Gasteiger partial charge in [-0.25, -0.2) is 29.9 Å².